The molecule has 7 heteroatoms. The maximum atomic E-state index is 13.0. The molecule has 0 aromatic heterocycles. The molecule has 0 aliphatic carbocycles. The molecule has 0 radical (unpaired) electrons. The lowest BCUT2D eigenvalue weighted by molar-refractivity contribution is -0.137. The second-order valence-corrected chi connectivity index (χ2v) is 4.66. The number of hydrazine groups is 1. The van der Waals surface area contributed by atoms with Gasteiger partial charge in [0.25, 0.3) is 5.91 Å². The number of anilines is 1. The Morgan fingerprint density at radius 3 is 2.24 bits per heavy atom. The van der Waals surface area contributed by atoms with Crippen LogP contribution in [-0.4, -0.2) is 23.9 Å². The smallest absolute Gasteiger partial charge is 0.339 e. The van der Waals surface area contributed by atoms with E-state index in [4.69, 9.17) is 5.84 Å². The molecule has 1 rings (SSSR count). The number of alkyl halides is 3. The van der Waals surface area contributed by atoms with Crippen LogP contribution in [0, 0.1) is 0 Å². The summed E-state index contributed by atoms with van der Waals surface area (Å²) in [5.74, 6) is 4.77. The number of nitrogens with one attached hydrogen (secondary N) is 1. The fourth-order valence-corrected chi connectivity index (χ4v) is 2.15. The van der Waals surface area contributed by atoms with E-state index in [1.54, 1.807) is 0 Å². The number of benzene rings is 1. The Labute approximate surface area is 122 Å². The van der Waals surface area contributed by atoms with Gasteiger partial charge in [-0.25, -0.2) is 0 Å². The van der Waals surface area contributed by atoms with Gasteiger partial charge in [0.15, 0.2) is 0 Å². The highest BCUT2D eigenvalue weighted by molar-refractivity contribution is 6.00. The lowest BCUT2D eigenvalue weighted by Gasteiger charge is -2.24. The van der Waals surface area contributed by atoms with E-state index in [2.05, 4.69) is 0 Å². The molecular weight excluding hydrogens is 283 g/mol. The molecule has 0 heterocycles. The number of amides is 1. The zero-order valence-electron chi connectivity index (χ0n) is 12.1. The number of halogens is 3. The molecule has 0 aliphatic heterocycles. The standard InChI is InChI=1S/C14H20F3N3O/c1-3-8-20(9-4-2)13(21)10-6-5-7-11(12(10)19-18)14(15,16)17/h5-7,19H,3-4,8-9,18H2,1-2H3. The van der Waals surface area contributed by atoms with Crippen molar-refractivity contribution in [3.63, 3.8) is 0 Å². The Morgan fingerprint density at radius 2 is 1.81 bits per heavy atom. The van der Waals surface area contributed by atoms with Crippen LogP contribution in [0.2, 0.25) is 0 Å². The van der Waals surface area contributed by atoms with Gasteiger partial charge in [0.05, 0.1) is 16.8 Å². The second-order valence-electron chi connectivity index (χ2n) is 4.66. The highest BCUT2D eigenvalue weighted by Gasteiger charge is 2.35. The average molecular weight is 303 g/mol. The van der Waals surface area contributed by atoms with E-state index in [0.717, 1.165) is 18.9 Å². The van der Waals surface area contributed by atoms with E-state index in [9.17, 15) is 18.0 Å². The third-order valence-electron chi connectivity index (χ3n) is 3.02. The number of rotatable bonds is 6. The molecule has 0 saturated carbocycles. The summed E-state index contributed by atoms with van der Waals surface area (Å²) in [4.78, 5) is 14.0. The second kappa shape index (κ2) is 7.31. The van der Waals surface area contributed by atoms with Crippen LogP contribution in [0.15, 0.2) is 18.2 Å². The first kappa shape index (κ1) is 17.3. The van der Waals surface area contributed by atoms with E-state index in [1.807, 2.05) is 19.3 Å². The summed E-state index contributed by atoms with van der Waals surface area (Å²) in [6.45, 7) is 4.80. The minimum Gasteiger partial charge on any atom is -0.339 e. The molecule has 3 N–H and O–H groups in total. The first-order valence-corrected chi connectivity index (χ1v) is 6.82. The van der Waals surface area contributed by atoms with Crippen molar-refractivity contribution < 1.29 is 18.0 Å². The lowest BCUT2D eigenvalue weighted by atomic mass is 10.1. The number of nitrogen functional groups attached to an aromatic ring is 1. The van der Waals surface area contributed by atoms with Gasteiger partial charge in [-0.05, 0) is 25.0 Å². The molecule has 1 amide bonds. The Hall–Kier alpha value is -1.76. The number of para-hydroxylation sites is 1. The number of hydrogen-bond acceptors (Lipinski definition) is 3. The Kier molecular flexibility index (Phi) is 6.02. The molecule has 0 unspecified atom stereocenters. The topological polar surface area (TPSA) is 58.4 Å². The number of hydrogen-bond donors (Lipinski definition) is 2. The number of nitrogens with zero attached hydrogens (tertiary/aromatic N) is 1. The summed E-state index contributed by atoms with van der Waals surface area (Å²) in [6, 6.07) is 3.47. The van der Waals surface area contributed by atoms with Gasteiger partial charge in [0, 0.05) is 13.1 Å². The van der Waals surface area contributed by atoms with Gasteiger partial charge >= 0.3 is 6.18 Å². The van der Waals surface area contributed by atoms with Crippen molar-refractivity contribution in [3.8, 4) is 0 Å². The molecule has 4 nitrogen and oxygen atoms in total. The maximum absolute atomic E-state index is 13.0. The van der Waals surface area contributed by atoms with Crippen molar-refractivity contribution in [2.75, 3.05) is 18.5 Å². The molecule has 0 fully saturated rings. The van der Waals surface area contributed by atoms with Crippen LogP contribution in [0.25, 0.3) is 0 Å². The first-order chi connectivity index (χ1) is 9.86. The molecular formula is C14H20F3N3O. The maximum Gasteiger partial charge on any atom is 0.418 e. The van der Waals surface area contributed by atoms with Crippen molar-refractivity contribution >= 4 is 11.6 Å². The van der Waals surface area contributed by atoms with Crippen molar-refractivity contribution in [1.82, 2.24) is 4.90 Å². The zero-order valence-corrected chi connectivity index (χ0v) is 12.1. The van der Waals surface area contributed by atoms with E-state index in [-0.39, 0.29) is 11.3 Å². The van der Waals surface area contributed by atoms with Gasteiger partial charge in [0.2, 0.25) is 0 Å². The van der Waals surface area contributed by atoms with Crippen LogP contribution in [0.1, 0.15) is 42.6 Å². The molecule has 1 aromatic rings. The quantitative estimate of drug-likeness (QED) is 0.626. The molecule has 118 valence electrons. The van der Waals surface area contributed by atoms with Gasteiger partial charge in [-0.2, -0.15) is 13.2 Å². The minimum absolute atomic E-state index is 0.0609. The summed E-state index contributed by atoms with van der Waals surface area (Å²) < 4.78 is 38.9. The molecule has 0 aliphatic rings. The lowest BCUT2D eigenvalue weighted by Crippen LogP contribution is -2.33. The average Bonchev–Trinajstić information content (AvgIpc) is 2.44. The van der Waals surface area contributed by atoms with E-state index in [1.165, 1.54) is 17.0 Å². The molecule has 0 spiro atoms. The number of carbonyl (C=O) groups is 1. The summed E-state index contributed by atoms with van der Waals surface area (Å²) in [5.41, 5.74) is 0.639. The van der Waals surface area contributed by atoms with Gasteiger partial charge in [0.1, 0.15) is 0 Å². The third kappa shape index (κ3) is 4.10. The van der Waals surface area contributed by atoms with E-state index >= 15 is 0 Å². The van der Waals surface area contributed by atoms with Crippen LogP contribution in [0.5, 0.6) is 0 Å². The number of carbonyl (C=O) groups excluding carboxylic acids is 1. The molecule has 0 atom stereocenters. The van der Waals surface area contributed by atoms with Gasteiger partial charge in [-0.15, -0.1) is 0 Å². The van der Waals surface area contributed by atoms with E-state index in [0.29, 0.717) is 13.1 Å². The fraction of sp³-hybridized carbons (Fsp3) is 0.500. The van der Waals surface area contributed by atoms with Crippen LogP contribution in [-0.2, 0) is 6.18 Å². The fourth-order valence-electron chi connectivity index (χ4n) is 2.15. The summed E-state index contributed by atoms with van der Waals surface area (Å²) in [6.07, 6.45) is -3.11. The summed E-state index contributed by atoms with van der Waals surface area (Å²) >= 11 is 0. The van der Waals surface area contributed by atoms with Gasteiger partial charge in [-0.3, -0.25) is 10.6 Å². The van der Waals surface area contributed by atoms with Gasteiger partial charge in [-0.1, -0.05) is 19.9 Å². The SMILES string of the molecule is CCCN(CCC)C(=O)c1cccc(C(F)(F)F)c1NN. The van der Waals surface area contributed by atoms with Crippen molar-refractivity contribution in [3.05, 3.63) is 29.3 Å². The summed E-state index contributed by atoms with van der Waals surface area (Å²) in [5, 5.41) is 0. The monoisotopic (exact) mass is 303 g/mol. The van der Waals surface area contributed by atoms with Crippen LogP contribution in [0.3, 0.4) is 0 Å². The molecule has 0 bridgehead atoms. The van der Waals surface area contributed by atoms with Crippen LogP contribution in [0.4, 0.5) is 18.9 Å². The van der Waals surface area contributed by atoms with Crippen LogP contribution >= 0.6 is 0 Å². The Bertz CT molecular complexity index is 483. The zero-order chi connectivity index (χ0) is 16.0. The molecule has 21 heavy (non-hydrogen) atoms. The van der Waals surface area contributed by atoms with E-state index < -0.39 is 17.6 Å². The highest BCUT2D eigenvalue weighted by atomic mass is 19.4. The third-order valence-corrected chi connectivity index (χ3v) is 3.02. The predicted octanol–water partition coefficient (Wildman–Crippen LogP) is 3.25. The Balaban J connectivity index is 3.26. The first-order valence-electron chi connectivity index (χ1n) is 6.82. The molecule has 0 saturated heterocycles. The number of nitrogens with two attached hydrogens (primary N) is 1. The summed E-state index contributed by atoms with van der Waals surface area (Å²) in [7, 11) is 0. The Morgan fingerprint density at radius 1 is 1.24 bits per heavy atom. The largest absolute Gasteiger partial charge is 0.418 e. The minimum atomic E-state index is -4.57. The van der Waals surface area contributed by atoms with Crippen molar-refractivity contribution in [2.24, 2.45) is 5.84 Å². The predicted molar refractivity (Wildman–Crippen MR) is 75.7 cm³/mol. The van der Waals surface area contributed by atoms with Crippen molar-refractivity contribution in [2.45, 2.75) is 32.9 Å². The molecule has 1 aromatic carbocycles. The highest BCUT2D eigenvalue weighted by Crippen LogP contribution is 2.36. The van der Waals surface area contributed by atoms with Crippen LogP contribution < -0.4 is 11.3 Å². The normalized spacial score (nSPS) is 11.3. The van der Waals surface area contributed by atoms with Crippen molar-refractivity contribution in [1.29, 1.82) is 0 Å². The van der Waals surface area contributed by atoms with Gasteiger partial charge < -0.3 is 10.3 Å².